The lowest BCUT2D eigenvalue weighted by Gasteiger charge is -2.20. The third-order valence-corrected chi connectivity index (χ3v) is 6.74. The summed E-state index contributed by atoms with van der Waals surface area (Å²) < 4.78 is 9.97. The van der Waals surface area contributed by atoms with E-state index in [1.165, 1.54) is 7.11 Å². The van der Waals surface area contributed by atoms with Gasteiger partial charge in [-0.15, -0.1) is 0 Å². The normalized spacial score (nSPS) is 11.3. The maximum absolute atomic E-state index is 13.5. The average Bonchev–Trinajstić information content (AvgIpc) is 3.04. The van der Waals surface area contributed by atoms with Crippen LogP contribution in [-0.2, 0) is 32.1 Å². The molecule has 10 nitrogen and oxygen atoms in total. The molecule has 4 aromatic rings. The van der Waals surface area contributed by atoms with Gasteiger partial charge in [-0.1, -0.05) is 72.8 Å². The highest BCUT2D eigenvalue weighted by Crippen LogP contribution is 2.19. The van der Waals surface area contributed by atoms with Gasteiger partial charge in [-0.25, -0.2) is 4.79 Å². The lowest BCUT2D eigenvalue weighted by atomic mass is 10.1. The van der Waals surface area contributed by atoms with Crippen LogP contribution in [0.3, 0.4) is 0 Å². The maximum Gasteiger partial charge on any atom is 0.407 e. The van der Waals surface area contributed by atoms with Crippen LogP contribution in [0.1, 0.15) is 40.9 Å². The molecule has 222 valence electrons. The number of fused-ring (bicyclic) bond motifs is 1. The number of esters is 1. The van der Waals surface area contributed by atoms with Gasteiger partial charge in [0.05, 0.1) is 7.11 Å². The number of hydrogen-bond acceptors (Lipinski definition) is 7. The van der Waals surface area contributed by atoms with Gasteiger partial charge in [-0.05, 0) is 47.9 Å². The number of ether oxygens (including phenoxy) is 2. The number of aryl methyl sites for hydroxylation is 1. The van der Waals surface area contributed by atoms with E-state index in [-0.39, 0.29) is 37.7 Å². The first kappa shape index (κ1) is 30.7. The maximum atomic E-state index is 13.5. The Bertz CT molecular complexity index is 1560. The summed E-state index contributed by atoms with van der Waals surface area (Å²) in [5.74, 6) is -1.30. The zero-order valence-corrected chi connectivity index (χ0v) is 23.9. The molecule has 0 aliphatic carbocycles. The molecule has 0 radical (unpaired) electrons. The molecular formula is C33H34N4O6. The zero-order valence-electron chi connectivity index (χ0n) is 23.9. The second-order valence-corrected chi connectivity index (χ2v) is 9.80. The van der Waals surface area contributed by atoms with Crippen LogP contribution in [0.4, 0.5) is 10.5 Å². The molecule has 0 fully saturated rings. The van der Waals surface area contributed by atoms with Gasteiger partial charge in [-0.2, -0.15) is 0 Å². The summed E-state index contributed by atoms with van der Waals surface area (Å²) in [6.45, 7) is 0.374. The second-order valence-electron chi connectivity index (χ2n) is 9.80. The number of carbonyl (C=O) groups is 4. The molecule has 0 saturated heterocycles. The van der Waals surface area contributed by atoms with E-state index in [4.69, 9.17) is 9.47 Å². The summed E-state index contributed by atoms with van der Waals surface area (Å²) >= 11 is 0. The van der Waals surface area contributed by atoms with Crippen LogP contribution in [0, 0.1) is 0 Å². The lowest BCUT2D eigenvalue weighted by Crippen LogP contribution is -2.44. The average molecular weight is 583 g/mol. The molecule has 1 atom stereocenters. The molecule has 0 spiro atoms. The first-order chi connectivity index (χ1) is 20.9. The summed E-state index contributed by atoms with van der Waals surface area (Å²) in [6.07, 6.45) is 2.18. The number of alkyl carbamates (subject to hydrolysis) is 1. The van der Waals surface area contributed by atoms with E-state index in [1.54, 1.807) is 24.4 Å². The van der Waals surface area contributed by atoms with Gasteiger partial charge in [0.15, 0.2) is 0 Å². The van der Waals surface area contributed by atoms with Crippen molar-refractivity contribution in [2.75, 3.05) is 19.0 Å². The molecule has 3 aromatic carbocycles. The Labute approximate surface area is 249 Å². The third kappa shape index (κ3) is 9.39. The molecular weight excluding hydrogens is 548 g/mol. The highest BCUT2D eigenvalue weighted by Gasteiger charge is 2.23. The van der Waals surface area contributed by atoms with E-state index < -0.39 is 23.9 Å². The zero-order chi connectivity index (χ0) is 30.4. The summed E-state index contributed by atoms with van der Waals surface area (Å²) in [5.41, 5.74) is 2.33. The van der Waals surface area contributed by atoms with Gasteiger partial charge < -0.3 is 25.4 Å². The first-order valence-electron chi connectivity index (χ1n) is 14.0. The van der Waals surface area contributed by atoms with Gasteiger partial charge in [0, 0.05) is 30.2 Å². The van der Waals surface area contributed by atoms with Crippen LogP contribution >= 0.6 is 0 Å². The smallest absolute Gasteiger partial charge is 0.407 e. The molecule has 0 aliphatic rings. The molecule has 0 aliphatic heterocycles. The van der Waals surface area contributed by atoms with Gasteiger partial charge in [0.25, 0.3) is 5.91 Å². The highest BCUT2D eigenvalue weighted by atomic mass is 16.5. The number of carbonyl (C=O) groups excluding carboxylic acids is 4. The largest absolute Gasteiger partial charge is 0.469 e. The predicted molar refractivity (Wildman–Crippen MR) is 162 cm³/mol. The van der Waals surface area contributed by atoms with E-state index >= 15 is 0 Å². The second kappa shape index (κ2) is 15.7. The molecule has 43 heavy (non-hydrogen) atoms. The molecule has 4 rings (SSSR count). The first-order valence-corrected chi connectivity index (χ1v) is 14.0. The number of benzene rings is 3. The summed E-state index contributed by atoms with van der Waals surface area (Å²) in [5, 5.41) is 10.1. The topological polar surface area (TPSA) is 136 Å². The molecule has 0 unspecified atom stereocenters. The minimum absolute atomic E-state index is 0.141. The number of nitrogens with zero attached hydrogens (tertiary/aromatic N) is 1. The van der Waals surface area contributed by atoms with Crippen molar-refractivity contribution in [2.24, 2.45) is 0 Å². The Balaban J connectivity index is 1.40. The number of anilines is 1. The number of hydrogen-bond donors (Lipinski definition) is 3. The molecule has 10 heteroatoms. The van der Waals surface area contributed by atoms with Gasteiger partial charge in [0.1, 0.15) is 18.3 Å². The number of methoxy groups -OCH3 is 1. The fourth-order valence-electron chi connectivity index (χ4n) is 4.40. The minimum Gasteiger partial charge on any atom is -0.469 e. The number of aromatic nitrogens is 1. The molecule has 1 heterocycles. The predicted octanol–water partition coefficient (Wildman–Crippen LogP) is 4.78. The number of amides is 3. The number of nitrogens with one attached hydrogen (secondary N) is 3. The van der Waals surface area contributed by atoms with Crippen molar-refractivity contribution >= 4 is 40.3 Å². The molecule has 0 bridgehead atoms. The van der Waals surface area contributed by atoms with Crippen LogP contribution in [0.2, 0.25) is 0 Å². The Morgan fingerprint density at radius 1 is 0.884 bits per heavy atom. The SMILES string of the molecule is COC(=O)CCc1ccccc1NC(=O)[C@H](CCCNC(=O)OCc1ccccc1)NC(=O)c1cc2ccccc2cn1. The summed E-state index contributed by atoms with van der Waals surface area (Å²) in [4.78, 5) is 54.8. The van der Waals surface area contributed by atoms with Crippen molar-refractivity contribution in [3.63, 3.8) is 0 Å². The van der Waals surface area contributed by atoms with Gasteiger partial charge in [-0.3, -0.25) is 19.4 Å². The molecule has 3 amide bonds. The highest BCUT2D eigenvalue weighted by molar-refractivity contribution is 6.02. The molecule has 3 N–H and O–H groups in total. The quantitative estimate of drug-likeness (QED) is 0.152. The standard InChI is InChI=1S/C33H34N4O6/c1-42-30(38)18-17-24-12-7-8-15-27(24)36-31(39)28(16-9-19-34-33(41)43-22-23-10-3-2-4-11-23)37-32(40)29-20-25-13-5-6-14-26(25)21-35-29/h2-8,10-15,20-21,28H,9,16-19,22H2,1H3,(H,34,41)(H,36,39)(H,37,40)/t28-/m0/s1. The number of para-hydroxylation sites is 1. The Hall–Kier alpha value is -5.25. The van der Waals surface area contributed by atoms with Crippen molar-refractivity contribution in [1.29, 1.82) is 0 Å². The minimum atomic E-state index is -0.934. The van der Waals surface area contributed by atoms with Crippen LogP contribution in [0.5, 0.6) is 0 Å². The summed E-state index contributed by atoms with van der Waals surface area (Å²) in [7, 11) is 1.32. The number of pyridine rings is 1. The van der Waals surface area contributed by atoms with Crippen molar-refractivity contribution in [3.05, 3.63) is 108 Å². The lowest BCUT2D eigenvalue weighted by molar-refractivity contribution is -0.140. The van der Waals surface area contributed by atoms with E-state index in [0.29, 0.717) is 18.5 Å². The van der Waals surface area contributed by atoms with E-state index in [9.17, 15) is 19.2 Å². The van der Waals surface area contributed by atoms with Crippen molar-refractivity contribution in [3.8, 4) is 0 Å². The van der Waals surface area contributed by atoms with Gasteiger partial charge >= 0.3 is 12.1 Å². The van der Waals surface area contributed by atoms with Crippen molar-refractivity contribution in [1.82, 2.24) is 15.6 Å². The number of rotatable bonds is 13. The fourth-order valence-corrected chi connectivity index (χ4v) is 4.40. The van der Waals surface area contributed by atoms with Crippen molar-refractivity contribution in [2.45, 2.75) is 38.3 Å². The van der Waals surface area contributed by atoms with Crippen LogP contribution < -0.4 is 16.0 Å². The van der Waals surface area contributed by atoms with E-state index in [1.807, 2.05) is 66.7 Å². The van der Waals surface area contributed by atoms with Crippen molar-refractivity contribution < 1.29 is 28.7 Å². The van der Waals surface area contributed by atoms with Crippen LogP contribution in [-0.4, -0.2) is 48.6 Å². The van der Waals surface area contributed by atoms with E-state index in [0.717, 1.165) is 21.9 Å². The van der Waals surface area contributed by atoms with Crippen LogP contribution in [0.25, 0.3) is 10.8 Å². The molecule has 0 saturated carbocycles. The van der Waals surface area contributed by atoms with Crippen LogP contribution in [0.15, 0.2) is 91.1 Å². The van der Waals surface area contributed by atoms with E-state index in [2.05, 4.69) is 20.9 Å². The Morgan fingerprint density at radius 3 is 2.40 bits per heavy atom. The van der Waals surface area contributed by atoms with Gasteiger partial charge in [0.2, 0.25) is 5.91 Å². The summed E-state index contributed by atoms with van der Waals surface area (Å²) in [6, 6.07) is 24.7. The fraction of sp³-hybridized carbons (Fsp3) is 0.242. The third-order valence-electron chi connectivity index (χ3n) is 6.74. The molecule has 1 aromatic heterocycles. The Kier molecular flexibility index (Phi) is 11.2. The Morgan fingerprint density at radius 2 is 1.60 bits per heavy atom. The monoisotopic (exact) mass is 582 g/mol.